The highest BCUT2D eigenvalue weighted by Crippen LogP contribution is 2.33. The van der Waals surface area contributed by atoms with Crippen LogP contribution in [0, 0.1) is 0 Å². The predicted molar refractivity (Wildman–Crippen MR) is 143 cm³/mol. The van der Waals surface area contributed by atoms with Crippen molar-refractivity contribution in [3.63, 3.8) is 0 Å². The number of rotatable bonds is 7. The van der Waals surface area contributed by atoms with Crippen molar-refractivity contribution >= 4 is 64.7 Å². The summed E-state index contributed by atoms with van der Waals surface area (Å²) in [4.78, 5) is 23.5. The van der Waals surface area contributed by atoms with E-state index in [1.165, 1.54) is 17.8 Å². The third kappa shape index (κ3) is 9.64. The number of carbonyl (C=O) groups excluding carboxylic acids is 2. The van der Waals surface area contributed by atoms with Crippen LogP contribution in [0.2, 0.25) is 0 Å². The lowest BCUT2D eigenvalue weighted by Crippen LogP contribution is -2.34. The van der Waals surface area contributed by atoms with Crippen LogP contribution in [-0.4, -0.2) is 29.3 Å². The molecule has 175 valence electrons. The molecule has 4 nitrogen and oxygen atoms in total. The normalized spacial score (nSPS) is 11.4. The predicted octanol–water partition coefficient (Wildman–Crippen LogP) is 3.86. The fourth-order valence-corrected chi connectivity index (χ4v) is 3.24. The zero-order valence-corrected chi connectivity index (χ0v) is 20.9. The number of nitrogens with one attached hydrogen (secondary N) is 1. The Hall–Kier alpha value is -2.73. The molecule has 0 unspecified atom stereocenters. The molecule has 0 saturated carbocycles. The Bertz CT molecular complexity index is 1050. The van der Waals surface area contributed by atoms with E-state index in [0.717, 1.165) is 5.56 Å². The van der Waals surface area contributed by atoms with Crippen molar-refractivity contribution in [1.29, 1.82) is 0 Å². The summed E-state index contributed by atoms with van der Waals surface area (Å²) in [6.07, 6.45) is 0.617. The zero-order chi connectivity index (χ0) is 25.0. The lowest BCUT2D eigenvalue weighted by atomic mass is 9.64. The second-order valence-corrected chi connectivity index (χ2v) is 9.58. The van der Waals surface area contributed by atoms with Crippen LogP contribution in [-0.2, 0) is 16.0 Å². The molecule has 3 rings (SSSR count). The maximum absolute atomic E-state index is 12.0. The quantitative estimate of drug-likeness (QED) is 0.165. The summed E-state index contributed by atoms with van der Waals surface area (Å²) in [5, 5.41) is 2.59. The molecule has 0 aliphatic rings. The third-order valence-electron chi connectivity index (χ3n) is 4.63. The van der Waals surface area contributed by atoms with Crippen LogP contribution < -0.4 is 22.0 Å². The molecule has 3 N–H and O–H groups in total. The van der Waals surface area contributed by atoms with Crippen molar-refractivity contribution in [2.75, 3.05) is 6.54 Å². The first-order valence-corrected chi connectivity index (χ1v) is 11.7. The second kappa shape index (κ2) is 13.9. The molecule has 1 amide bonds. The Balaban J connectivity index is 0.000000266. The summed E-state index contributed by atoms with van der Waals surface area (Å²) in [7, 11) is 2.17. The number of hydrogen-bond donors (Lipinski definition) is 2. The monoisotopic (exact) mass is 513 g/mol. The summed E-state index contributed by atoms with van der Waals surface area (Å²) >= 11 is 16.8. The number of ketones is 1. The van der Waals surface area contributed by atoms with Gasteiger partial charge in [-0.3, -0.25) is 9.59 Å². The van der Waals surface area contributed by atoms with Gasteiger partial charge in [-0.05, 0) is 18.9 Å². The van der Waals surface area contributed by atoms with Gasteiger partial charge in [0.1, 0.15) is 5.57 Å². The lowest BCUT2D eigenvalue weighted by molar-refractivity contribution is -0.121. The fraction of sp³-hybridized carbons (Fsp3) is 0.154. The van der Waals surface area contributed by atoms with Crippen molar-refractivity contribution in [3.8, 4) is 0 Å². The highest BCUT2D eigenvalue weighted by molar-refractivity contribution is 6.69. The fourth-order valence-electron chi connectivity index (χ4n) is 2.96. The standard InChI is InChI=1S/C14H15Cl3N2O2.C12H10B/c1-9(20)11(12(18)14(15,16)17)13(21)19-8-7-10-5-3-2-4-6-10;1-3-7-11(8-4-1)13-12-9-5-2-6-10-12/h2-6H,7-8,18H2,1H3,(H,19,21);1-10H/b12-11-;. The Morgan fingerprint density at radius 3 is 1.68 bits per heavy atom. The topological polar surface area (TPSA) is 72.2 Å². The van der Waals surface area contributed by atoms with Crippen LogP contribution in [0.15, 0.2) is 102 Å². The molecule has 8 heteroatoms. The van der Waals surface area contributed by atoms with Gasteiger partial charge in [0.2, 0.25) is 3.79 Å². The first-order valence-electron chi connectivity index (χ1n) is 10.5. The van der Waals surface area contributed by atoms with Gasteiger partial charge in [-0.1, -0.05) is 137 Å². The van der Waals surface area contributed by atoms with E-state index in [0.29, 0.717) is 13.0 Å². The first kappa shape index (κ1) is 27.5. The average molecular weight is 515 g/mol. The van der Waals surface area contributed by atoms with E-state index < -0.39 is 15.5 Å². The van der Waals surface area contributed by atoms with Gasteiger partial charge in [-0.2, -0.15) is 0 Å². The second-order valence-electron chi connectivity index (χ2n) is 7.30. The van der Waals surface area contributed by atoms with Gasteiger partial charge in [0, 0.05) is 6.54 Å². The number of amides is 1. The first-order chi connectivity index (χ1) is 16.2. The van der Waals surface area contributed by atoms with Gasteiger partial charge in [0.15, 0.2) is 13.1 Å². The number of allylic oxidation sites excluding steroid dienone is 1. The van der Waals surface area contributed by atoms with E-state index in [-0.39, 0.29) is 11.3 Å². The highest BCUT2D eigenvalue weighted by atomic mass is 35.6. The van der Waals surface area contributed by atoms with E-state index in [4.69, 9.17) is 40.5 Å². The molecule has 34 heavy (non-hydrogen) atoms. The van der Waals surface area contributed by atoms with E-state index in [1.54, 1.807) is 0 Å². The number of hydrogen-bond acceptors (Lipinski definition) is 3. The SMILES string of the molecule is CC(=O)/C(C(=O)NCCc1ccccc1)=C(/N)C(Cl)(Cl)Cl.[B](c1ccccc1)c1ccccc1. The number of nitrogens with two attached hydrogens (primary N) is 1. The summed E-state index contributed by atoms with van der Waals surface area (Å²) in [6, 6.07) is 30.3. The molecule has 0 aliphatic carbocycles. The van der Waals surface area contributed by atoms with E-state index >= 15 is 0 Å². The van der Waals surface area contributed by atoms with Crippen molar-refractivity contribution in [3.05, 3.63) is 108 Å². The van der Waals surface area contributed by atoms with Gasteiger partial charge in [0.05, 0.1) is 5.70 Å². The Morgan fingerprint density at radius 1 is 0.824 bits per heavy atom. The smallest absolute Gasteiger partial charge is 0.256 e. The largest absolute Gasteiger partial charge is 0.398 e. The highest BCUT2D eigenvalue weighted by Gasteiger charge is 2.31. The Morgan fingerprint density at radius 2 is 1.26 bits per heavy atom. The van der Waals surface area contributed by atoms with E-state index in [9.17, 15) is 9.59 Å². The van der Waals surface area contributed by atoms with Gasteiger partial charge < -0.3 is 11.1 Å². The number of halogens is 3. The molecule has 0 saturated heterocycles. The summed E-state index contributed by atoms with van der Waals surface area (Å²) < 4.78 is -2.00. The number of carbonyl (C=O) groups is 2. The van der Waals surface area contributed by atoms with Crippen LogP contribution in [0.1, 0.15) is 12.5 Å². The van der Waals surface area contributed by atoms with Crippen LogP contribution in [0.25, 0.3) is 0 Å². The Labute approximate surface area is 216 Å². The molecular formula is C26H25BCl3N2O2. The van der Waals surface area contributed by atoms with Crippen LogP contribution in [0.5, 0.6) is 0 Å². The molecule has 0 aromatic heterocycles. The molecule has 0 bridgehead atoms. The minimum Gasteiger partial charge on any atom is -0.398 e. The summed E-state index contributed by atoms with van der Waals surface area (Å²) in [5.74, 6) is -1.21. The van der Waals surface area contributed by atoms with Crippen molar-refractivity contribution in [2.24, 2.45) is 5.73 Å². The van der Waals surface area contributed by atoms with Crippen LogP contribution in [0.4, 0.5) is 0 Å². The summed E-state index contributed by atoms with van der Waals surface area (Å²) in [6.45, 7) is 1.53. The maximum Gasteiger partial charge on any atom is 0.256 e. The third-order valence-corrected chi connectivity index (χ3v) is 5.24. The van der Waals surface area contributed by atoms with Crippen molar-refractivity contribution in [2.45, 2.75) is 17.1 Å². The molecule has 0 heterocycles. The number of alkyl halides is 3. The van der Waals surface area contributed by atoms with Crippen LogP contribution in [0.3, 0.4) is 0 Å². The number of benzene rings is 3. The van der Waals surface area contributed by atoms with E-state index in [1.807, 2.05) is 42.5 Å². The maximum atomic E-state index is 12.0. The summed E-state index contributed by atoms with van der Waals surface area (Å²) in [5.41, 5.74) is 8.42. The molecule has 1 radical (unpaired) electrons. The average Bonchev–Trinajstić information content (AvgIpc) is 2.81. The van der Waals surface area contributed by atoms with Crippen molar-refractivity contribution < 1.29 is 9.59 Å². The molecule has 0 atom stereocenters. The van der Waals surface area contributed by atoms with Gasteiger partial charge in [0.25, 0.3) is 5.91 Å². The van der Waals surface area contributed by atoms with Crippen molar-refractivity contribution in [1.82, 2.24) is 5.32 Å². The van der Waals surface area contributed by atoms with Crippen LogP contribution >= 0.6 is 34.8 Å². The molecule has 0 spiro atoms. The molecule has 0 fully saturated rings. The van der Waals surface area contributed by atoms with Gasteiger partial charge in [-0.25, -0.2) is 0 Å². The minimum atomic E-state index is -2.00. The zero-order valence-electron chi connectivity index (χ0n) is 18.7. The van der Waals surface area contributed by atoms with E-state index in [2.05, 4.69) is 61.1 Å². The van der Waals surface area contributed by atoms with Gasteiger partial charge in [-0.15, -0.1) is 0 Å². The minimum absolute atomic E-state index is 0.330. The Kier molecular flexibility index (Phi) is 11.2. The van der Waals surface area contributed by atoms with Gasteiger partial charge >= 0.3 is 0 Å². The lowest BCUT2D eigenvalue weighted by Gasteiger charge is -2.15. The number of Topliss-reactive ketones (excluding diaryl/α,β-unsaturated/α-hetero) is 1. The molecule has 0 aliphatic heterocycles. The molecular weight excluding hydrogens is 489 g/mol. The molecule has 3 aromatic rings. The molecule has 3 aromatic carbocycles.